The van der Waals surface area contributed by atoms with Crippen molar-refractivity contribution in [2.24, 2.45) is 7.05 Å². The fourth-order valence-electron chi connectivity index (χ4n) is 1.30. The highest BCUT2D eigenvalue weighted by Crippen LogP contribution is 2.18. The van der Waals surface area contributed by atoms with Crippen LogP contribution in [0.5, 0.6) is 0 Å². The maximum atomic E-state index is 11.5. The number of anilines is 1. The maximum absolute atomic E-state index is 11.5. The predicted molar refractivity (Wildman–Crippen MR) is 68.7 cm³/mol. The number of hydrogen-bond donors (Lipinski definition) is 1. The first kappa shape index (κ1) is 12.1. The third kappa shape index (κ3) is 2.65. The molecule has 2 heterocycles. The lowest BCUT2D eigenvalue weighted by Crippen LogP contribution is -2.20. The Kier molecular flexibility index (Phi) is 3.44. The first-order chi connectivity index (χ1) is 8.08. The molecule has 0 bridgehead atoms. The highest BCUT2D eigenvalue weighted by Gasteiger charge is 2.07. The normalized spacial score (nSPS) is 10.5. The van der Waals surface area contributed by atoms with Gasteiger partial charge in [0.15, 0.2) is 0 Å². The van der Waals surface area contributed by atoms with E-state index in [0.29, 0.717) is 12.2 Å². The summed E-state index contributed by atoms with van der Waals surface area (Å²) in [5.41, 5.74) is 0.234. The molecule has 0 aliphatic rings. The Labute approximate surface area is 107 Å². The molecule has 2 aromatic heterocycles. The van der Waals surface area contributed by atoms with E-state index in [9.17, 15) is 4.79 Å². The zero-order chi connectivity index (χ0) is 12.4. The number of aromatic nitrogens is 3. The summed E-state index contributed by atoms with van der Waals surface area (Å²) in [4.78, 5) is 16.8. The molecule has 0 aliphatic heterocycles. The smallest absolute Gasteiger partial charge is 0.287 e. The van der Waals surface area contributed by atoms with E-state index in [2.05, 4.69) is 15.4 Å². The van der Waals surface area contributed by atoms with Gasteiger partial charge < -0.3 is 5.32 Å². The Morgan fingerprint density at radius 3 is 2.94 bits per heavy atom. The molecule has 0 radical (unpaired) electrons. The molecule has 17 heavy (non-hydrogen) atoms. The van der Waals surface area contributed by atoms with Crippen LogP contribution in [0.3, 0.4) is 0 Å². The Bertz CT molecular complexity index is 592. The van der Waals surface area contributed by atoms with Crippen LogP contribution < -0.4 is 10.9 Å². The molecule has 0 atom stereocenters. The molecule has 0 spiro atoms. The van der Waals surface area contributed by atoms with Gasteiger partial charge in [0, 0.05) is 18.1 Å². The van der Waals surface area contributed by atoms with Crippen LogP contribution in [0.25, 0.3) is 0 Å². The van der Waals surface area contributed by atoms with Crippen LogP contribution in [0.15, 0.2) is 17.2 Å². The van der Waals surface area contributed by atoms with Gasteiger partial charge in [-0.3, -0.25) is 4.79 Å². The lowest BCUT2D eigenvalue weighted by Gasteiger charge is -2.06. The molecule has 1 N–H and O–H groups in total. The van der Waals surface area contributed by atoms with Crippen LogP contribution in [-0.2, 0) is 13.6 Å². The molecule has 0 amide bonds. The SMILES string of the molecule is Cc1ncc(CNc2cnn(C)c(=O)c2Cl)s1. The van der Waals surface area contributed by atoms with Crippen LogP contribution in [0.2, 0.25) is 5.02 Å². The molecule has 2 rings (SSSR count). The van der Waals surface area contributed by atoms with E-state index in [0.717, 1.165) is 9.88 Å². The van der Waals surface area contributed by atoms with Crippen molar-refractivity contribution in [2.75, 3.05) is 5.32 Å². The second-order valence-electron chi connectivity index (χ2n) is 3.50. The highest BCUT2D eigenvalue weighted by atomic mass is 35.5. The summed E-state index contributed by atoms with van der Waals surface area (Å²) >= 11 is 7.52. The first-order valence-electron chi connectivity index (χ1n) is 4.95. The standard InChI is InChI=1S/C10H11ClN4OS/c1-6-12-3-7(17-6)4-13-8-5-14-15(2)10(16)9(8)11/h3,5,13H,4H2,1-2H3. The van der Waals surface area contributed by atoms with Crippen molar-refractivity contribution in [3.8, 4) is 0 Å². The van der Waals surface area contributed by atoms with E-state index in [1.807, 2.05) is 6.92 Å². The van der Waals surface area contributed by atoms with E-state index in [4.69, 9.17) is 11.6 Å². The van der Waals surface area contributed by atoms with Crippen LogP contribution in [0, 0.1) is 6.92 Å². The summed E-state index contributed by atoms with van der Waals surface area (Å²) in [6.45, 7) is 2.53. The molecule has 0 fully saturated rings. The van der Waals surface area contributed by atoms with Crippen LogP contribution >= 0.6 is 22.9 Å². The van der Waals surface area contributed by atoms with Crippen LogP contribution in [0.4, 0.5) is 5.69 Å². The lowest BCUT2D eigenvalue weighted by molar-refractivity contribution is 0.708. The maximum Gasteiger partial charge on any atom is 0.287 e. The van der Waals surface area contributed by atoms with E-state index in [1.54, 1.807) is 24.6 Å². The molecule has 0 aromatic carbocycles. The van der Waals surface area contributed by atoms with Gasteiger partial charge in [-0.05, 0) is 6.92 Å². The van der Waals surface area contributed by atoms with Gasteiger partial charge in [-0.15, -0.1) is 11.3 Å². The zero-order valence-corrected chi connectivity index (χ0v) is 11.0. The number of halogens is 1. The molecule has 5 nitrogen and oxygen atoms in total. The number of thiazole rings is 1. The van der Waals surface area contributed by atoms with Gasteiger partial charge in [-0.1, -0.05) is 11.6 Å². The Balaban J connectivity index is 2.15. The van der Waals surface area contributed by atoms with Gasteiger partial charge in [-0.2, -0.15) is 5.10 Å². The number of hydrogen-bond acceptors (Lipinski definition) is 5. The van der Waals surface area contributed by atoms with Gasteiger partial charge in [0.05, 0.1) is 23.4 Å². The van der Waals surface area contributed by atoms with Crippen molar-refractivity contribution < 1.29 is 0 Å². The molecular formula is C10H11ClN4OS. The van der Waals surface area contributed by atoms with Crippen LogP contribution in [0.1, 0.15) is 9.88 Å². The van der Waals surface area contributed by atoms with Gasteiger partial charge in [-0.25, -0.2) is 9.67 Å². The monoisotopic (exact) mass is 270 g/mol. The number of aryl methyl sites for hydroxylation is 2. The third-order valence-corrected chi connectivity index (χ3v) is 3.48. The summed E-state index contributed by atoms with van der Waals surface area (Å²) in [6.07, 6.45) is 3.34. The summed E-state index contributed by atoms with van der Waals surface area (Å²) in [6, 6.07) is 0. The molecule has 0 unspecified atom stereocenters. The van der Waals surface area contributed by atoms with Crippen molar-refractivity contribution in [1.29, 1.82) is 0 Å². The number of nitrogens with zero attached hydrogens (tertiary/aromatic N) is 3. The third-order valence-electron chi connectivity index (χ3n) is 2.20. The van der Waals surface area contributed by atoms with Crippen molar-refractivity contribution >= 4 is 28.6 Å². The second kappa shape index (κ2) is 4.85. The molecule has 0 aliphatic carbocycles. The number of nitrogens with one attached hydrogen (secondary N) is 1. The van der Waals surface area contributed by atoms with Gasteiger partial charge in [0.25, 0.3) is 5.56 Å². The Hall–Kier alpha value is -1.40. The summed E-state index contributed by atoms with van der Waals surface area (Å²) in [7, 11) is 1.56. The van der Waals surface area contributed by atoms with E-state index < -0.39 is 0 Å². The Morgan fingerprint density at radius 1 is 1.53 bits per heavy atom. The van der Waals surface area contributed by atoms with Crippen molar-refractivity contribution in [3.05, 3.63) is 37.7 Å². The first-order valence-corrected chi connectivity index (χ1v) is 6.14. The fraction of sp³-hybridized carbons (Fsp3) is 0.300. The molecule has 0 saturated heterocycles. The van der Waals surface area contributed by atoms with Crippen molar-refractivity contribution in [2.45, 2.75) is 13.5 Å². The summed E-state index contributed by atoms with van der Waals surface area (Å²) in [5.74, 6) is 0. The fourth-order valence-corrected chi connectivity index (χ4v) is 2.28. The predicted octanol–water partition coefficient (Wildman–Crippen LogP) is 1.81. The minimum absolute atomic E-state index is 0.156. The minimum Gasteiger partial charge on any atom is -0.377 e. The van der Waals surface area contributed by atoms with Crippen molar-refractivity contribution in [1.82, 2.24) is 14.8 Å². The molecule has 0 saturated carbocycles. The zero-order valence-electron chi connectivity index (χ0n) is 9.40. The molecule has 2 aromatic rings. The van der Waals surface area contributed by atoms with E-state index in [-0.39, 0.29) is 10.6 Å². The Morgan fingerprint density at radius 2 is 2.29 bits per heavy atom. The highest BCUT2D eigenvalue weighted by molar-refractivity contribution is 7.11. The van der Waals surface area contributed by atoms with Crippen LogP contribution in [-0.4, -0.2) is 14.8 Å². The summed E-state index contributed by atoms with van der Waals surface area (Å²) < 4.78 is 1.20. The quantitative estimate of drug-likeness (QED) is 0.924. The minimum atomic E-state index is -0.308. The average molecular weight is 271 g/mol. The molecule has 7 heteroatoms. The van der Waals surface area contributed by atoms with Gasteiger partial charge in [0.1, 0.15) is 5.02 Å². The second-order valence-corrected chi connectivity index (χ2v) is 5.20. The lowest BCUT2D eigenvalue weighted by atomic mass is 10.4. The molecule has 90 valence electrons. The summed E-state index contributed by atoms with van der Waals surface area (Å²) in [5, 5.41) is 8.14. The van der Waals surface area contributed by atoms with Crippen molar-refractivity contribution in [3.63, 3.8) is 0 Å². The largest absolute Gasteiger partial charge is 0.377 e. The van der Waals surface area contributed by atoms with E-state index >= 15 is 0 Å². The molecular weight excluding hydrogens is 260 g/mol. The average Bonchev–Trinajstić information content (AvgIpc) is 2.71. The topological polar surface area (TPSA) is 59.8 Å². The van der Waals surface area contributed by atoms with Gasteiger partial charge >= 0.3 is 0 Å². The number of rotatable bonds is 3. The van der Waals surface area contributed by atoms with Gasteiger partial charge in [0.2, 0.25) is 0 Å². The van der Waals surface area contributed by atoms with E-state index in [1.165, 1.54) is 10.9 Å².